The Balaban J connectivity index is 1.25. The monoisotopic (exact) mass is 549 g/mol. The Bertz CT molecular complexity index is 1490. The minimum absolute atomic E-state index is 0.0448. The molecule has 2 aliphatic rings. The number of nitrogens with zero attached hydrogens (tertiary/aromatic N) is 4. The van der Waals surface area contributed by atoms with Gasteiger partial charge >= 0.3 is 6.09 Å². The number of hydrogen-bond acceptors (Lipinski definition) is 7. The Labute approximate surface area is 231 Å². The second kappa shape index (κ2) is 10.2. The van der Waals surface area contributed by atoms with Gasteiger partial charge in [0.25, 0.3) is 5.91 Å². The van der Waals surface area contributed by atoms with Crippen molar-refractivity contribution in [1.82, 2.24) is 20.0 Å². The summed E-state index contributed by atoms with van der Waals surface area (Å²) in [6.45, 7) is 6.00. The van der Waals surface area contributed by atoms with E-state index in [1.165, 1.54) is 17.0 Å². The molecule has 4 N–H and O–H groups in total. The second-order valence-corrected chi connectivity index (χ2v) is 11.0. The van der Waals surface area contributed by atoms with Crippen molar-refractivity contribution in [2.45, 2.75) is 39.5 Å². The molecule has 0 aliphatic carbocycles. The molecule has 2 aliphatic heterocycles. The zero-order valence-electron chi connectivity index (χ0n) is 22.8. The predicted molar refractivity (Wildman–Crippen MR) is 147 cm³/mol. The van der Waals surface area contributed by atoms with Crippen LogP contribution in [0.1, 0.15) is 42.3 Å². The molecule has 0 atom stereocenters. The summed E-state index contributed by atoms with van der Waals surface area (Å²) in [5, 5.41) is 10.3. The third-order valence-corrected chi connectivity index (χ3v) is 6.81. The summed E-state index contributed by atoms with van der Waals surface area (Å²) in [7, 11) is 1.80. The largest absolute Gasteiger partial charge is 0.444 e. The first kappa shape index (κ1) is 27.0. The molecule has 40 heavy (non-hydrogen) atoms. The molecule has 3 amide bonds. The van der Waals surface area contributed by atoms with Crippen LogP contribution < -0.4 is 21.3 Å². The van der Waals surface area contributed by atoms with E-state index in [4.69, 9.17) is 10.5 Å². The number of nitrogens with one attached hydrogen (secondary N) is 2. The number of likely N-dealkylation sites (tertiary alicyclic amines) is 1. The van der Waals surface area contributed by atoms with Crippen molar-refractivity contribution in [1.29, 1.82) is 0 Å². The quantitative estimate of drug-likeness (QED) is 0.424. The third kappa shape index (κ3) is 5.42. The van der Waals surface area contributed by atoms with E-state index in [0.29, 0.717) is 17.1 Å². The van der Waals surface area contributed by atoms with Gasteiger partial charge in [0.1, 0.15) is 17.2 Å². The van der Waals surface area contributed by atoms with Crippen molar-refractivity contribution in [3.8, 4) is 0 Å². The highest BCUT2D eigenvalue weighted by Crippen LogP contribution is 2.37. The van der Waals surface area contributed by atoms with Gasteiger partial charge in [0, 0.05) is 49.1 Å². The Kier molecular flexibility index (Phi) is 6.86. The number of anilines is 4. The lowest BCUT2D eigenvalue weighted by Crippen LogP contribution is -2.56. The molecule has 5 rings (SSSR count). The Morgan fingerprint density at radius 3 is 2.62 bits per heavy atom. The number of ether oxygens (including phenoxy) is 1. The molecule has 0 saturated carbocycles. The number of amides is 3. The van der Waals surface area contributed by atoms with E-state index in [9.17, 15) is 14.4 Å². The van der Waals surface area contributed by atoms with Crippen molar-refractivity contribution in [3.05, 3.63) is 65.1 Å². The molecular formula is C28H32FN7O4. The maximum Gasteiger partial charge on any atom is 0.410 e. The number of aryl methyl sites for hydroxylation is 1. The topological polar surface area (TPSA) is 135 Å². The van der Waals surface area contributed by atoms with Crippen LogP contribution in [0.5, 0.6) is 0 Å². The highest BCUT2D eigenvalue weighted by atomic mass is 19.1. The first-order valence-electron chi connectivity index (χ1n) is 12.9. The summed E-state index contributed by atoms with van der Waals surface area (Å²) in [5.41, 5.74) is 8.35. The summed E-state index contributed by atoms with van der Waals surface area (Å²) >= 11 is 0. The lowest BCUT2D eigenvalue weighted by molar-refractivity contribution is -0.129. The van der Waals surface area contributed by atoms with Gasteiger partial charge in [0.15, 0.2) is 0 Å². The first-order valence-corrected chi connectivity index (χ1v) is 12.9. The van der Waals surface area contributed by atoms with Crippen LogP contribution in [-0.2, 0) is 29.7 Å². The standard InChI is InChI=1S/C28H32FN7O4/c1-28(2,3)40-27(39)35-13-19(14-35)25(37)31-11-17-6-5-16(9-21(17)29)26(38)36-15-18-12-32-34(4)24(18)33-22-10-20(30)7-8-23(22)36/h5-10,12,19,33H,11,13-15,30H2,1-4H3,(H,31,37). The summed E-state index contributed by atoms with van der Waals surface area (Å²) in [6.07, 6.45) is 1.22. The van der Waals surface area contributed by atoms with Crippen molar-refractivity contribution in [2.75, 3.05) is 29.0 Å². The minimum Gasteiger partial charge on any atom is -0.444 e. The zero-order valence-corrected chi connectivity index (χ0v) is 22.8. The molecule has 3 heterocycles. The number of benzene rings is 2. The Hall–Kier alpha value is -4.61. The van der Waals surface area contributed by atoms with E-state index >= 15 is 4.39 Å². The van der Waals surface area contributed by atoms with Crippen molar-refractivity contribution < 1.29 is 23.5 Å². The van der Waals surface area contributed by atoms with E-state index in [1.807, 2.05) is 0 Å². The average Bonchev–Trinajstić information content (AvgIpc) is 3.09. The maximum atomic E-state index is 15.1. The van der Waals surface area contributed by atoms with Crippen molar-refractivity contribution in [3.63, 3.8) is 0 Å². The summed E-state index contributed by atoms with van der Waals surface area (Å²) in [5.74, 6) is -0.933. The first-order chi connectivity index (χ1) is 18.9. The highest BCUT2D eigenvalue weighted by molar-refractivity contribution is 6.08. The molecular weight excluding hydrogens is 517 g/mol. The molecule has 11 nitrogen and oxygen atoms in total. The third-order valence-electron chi connectivity index (χ3n) is 6.81. The number of nitrogen functional groups attached to an aromatic ring is 1. The number of halogens is 1. The number of nitrogens with two attached hydrogens (primary N) is 1. The molecule has 1 aromatic heterocycles. The predicted octanol–water partition coefficient (Wildman–Crippen LogP) is 3.53. The smallest absolute Gasteiger partial charge is 0.410 e. The summed E-state index contributed by atoms with van der Waals surface area (Å²) in [6, 6.07) is 9.40. The molecule has 0 bridgehead atoms. The van der Waals surface area contributed by atoms with Gasteiger partial charge < -0.3 is 30.9 Å². The molecule has 1 fully saturated rings. The number of rotatable bonds is 4. The molecule has 3 aromatic rings. The van der Waals surface area contributed by atoms with Crippen LogP contribution in [0.3, 0.4) is 0 Å². The summed E-state index contributed by atoms with van der Waals surface area (Å²) in [4.78, 5) is 41.2. The second-order valence-electron chi connectivity index (χ2n) is 11.0. The van der Waals surface area contributed by atoms with Gasteiger partial charge in [-0.05, 0) is 51.1 Å². The van der Waals surface area contributed by atoms with Crippen LogP contribution in [0, 0.1) is 11.7 Å². The molecule has 0 unspecified atom stereocenters. The van der Waals surface area contributed by atoms with E-state index in [1.54, 1.807) is 67.9 Å². The van der Waals surface area contributed by atoms with Crippen molar-refractivity contribution in [2.24, 2.45) is 13.0 Å². The van der Waals surface area contributed by atoms with Gasteiger partial charge in [0.2, 0.25) is 5.91 Å². The Morgan fingerprint density at radius 1 is 1.18 bits per heavy atom. The van der Waals surface area contributed by atoms with Crippen molar-refractivity contribution >= 4 is 40.8 Å². The fourth-order valence-corrected chi connectivity index (χ4v) is 4.64. The summed E-state index contributed by atoms with van der Waals surface area (Å²) < 4.78 is 22.1. The van der Waals surface area contributed by atoms with Gasteiger partial charge in [0.05, 0.1) is 30.0 Å². The normalized spacial score (nSPS) is 14.8. The number of hydrogen-bond donors (Lipinski definition) is 3. The number of aromatic nitrogens is 2. The van der Waals surface area contributed by atoms with Crippen LogP contribution in [0.15, 0.2) is 42.6 Å². The average molecular weight is 550 g/mol. The van der Waals surface area contributed by atoms with Gasteiger partial charge in [-0.2, -0.15) is 5.10 Å². The minimum atomic E-state index is -0.612. The lowest BCUT2D eigenvalue weighted by Gasteiger charge is -2.38. The zero-order chi connectivity index (χ0) is 28.8. The van der Waals surface area contributed by atoms with E-state index < -0.39 is 23.4 Å². The molecule has 0 radical (unpaired) electrons. The fourth-order valence-electron chi connectivity index (χ4n) is 4.64. The van der Waals surface area contributed by atoms with E-state index in [-0.39, 0.29) is 49.1 Å². The molecule has 210 valence electrons. The van der Waals surface area contributed by atoms with Crippen LogP contribution >= 0.6 is 0 Å². The van der Waals surface area contributed by atoms with Crippen LogP contribution in [-0.4, -0.2) is 51.3 Å². The van der Waals surface area contributed by atoms with Gasteiger partial charge in [-0.3, -0.25) is 14.3 Å². The molecule has 0 spiro atoms. The van der Waals surface area contributed by atoms with E-state index in [2.05, 4.69) is 15.7 Å². The maximum absolute atomic E-state index is 15.1. The highest BCUT2D eigenvalue weighted by Gasteiger charge is 2.37. The number of fused-ring (bicyclic) bond motifs is 2. The SMILES string of the molecule is Cn1ncc2c1Nc1cc(N)ccc1N(C(=O)c1ccc(CNC(=O)C3CN(C(=O)OC(C)(C)C)C3)c(F)c1)C2. The van der Waals surface area contributed by atoms with Gasteiger partial charge in [-0.15, -0.1) is 0 Å². The van der Waals surface area contributed by atoms with Crippen LogP contribution in [0.4, 0.5) is 32.1 Å². The van der Waals surface area contributed by atoms with Gasteiger partial charge in [-0.1, -0.05) is 6.07 Å². The fraction of sp³-hybridized carbons (Fsp3) is 0.357. The molecule has 2 aromatic carbocycles. The lowest BCUT2D eigenvalue weighted by atomic mass is 9.99. The molecule has 1 saturated heterocycles. The molecule has 12 heteroatoms. The van der Waals surface area contributed by atoms with E-state index in [0.717, 1.165) is 11.4 Å². The van der Waals surface area contributed by atoms with Crippen LogP contribution in [0.2, 0.25) is 0 Å². The Morgan fingerprint density at radius 2 is 1.93 bits per heavy atom. The van der Waals surface area contributed by atoms with Gasteiger partial charge in [-0.25, -0.2) is 9.18 Å². The number of carbonyl (C=O) groups excluding carboxylic acids is 3. The number of carbonyl (C=O) groups is 3. The van der Waals surface area contributed by atoms with Crippen LogP contribution in [0.25, 0.3) is 0 Å².